The SMILES string of the molecule is Cc1nnc(OCC(F)(F)F)c(CN)c1C. The molecule has 0 aliphatic heterocycles. The zero-order valence-corrected chi connectivity index (χ0v) is 8.93. The first-order valence-corrected chi connectivity index (χ1v) is 4.57. The fourth-order valence-electron chi connectivity index (χ4n) is 1.14. The van der Waals surface area contributed by atoms with E-state index in [1.807, 2.05) is 0 Å². The van der Waals surface area contributed by atoms with Crippen LogP contribution in [0.5, 0.6) is 5.88 Å². The van der Waals surface area contributed by atoms with Gasteiger partial charge >= 0.3 is 6.18 Å². The van der Waals surface area contributed by atoms with Crippen LogP contribution >= 0.6 is 0 Å². The largest absolute Gasteiger partial charge is 0.467 e. The van der Waals surface area contributed by atoms with E-state index >= 15 is 0 Å². The van der Waals surface area contributed by atoms with Crippen molar-refractivity contribution in [3.8, 4) is 5.88 Å². The maximum atomic E-state index is 12.0. The third kappa shape index (κ3) is 3.06. The van der Waals surface area contributed by atoms with Gasteiger partial charge in [0.15, 0.2) is 6.61 Å². The van der Waals surface area contributed by atoms with Gasteiger partial charge < -0.3 is 10.5 Å². The number of hydrogen-bond donors (Lipinski definition) is 1. The Kier molecular flexibility index (Phi) is 3.69. The van der Waals surface area contributed by atoms with Gasteiger partial charge in [-0.3, -0.25) is 0 Å². The number of aryl methyl sites for hydroxylation is 1. The number of aromatic nitrogens is 2. The van der Waals surface area contributed by atoms with E-state index in [2.05, 4.69) is 14.9 Å². The van der Waals surface area contributed by atoms with Crippen molar-refractivity contribution in [1.82, 2.24) is 10.2 Å². The molecular formula is C9H12F3N3O. The van der Waals surface area contributed by atoms with Crippen molar-refractivity contribution in [1.29, 1.82) is 0 Å². The smallest absolute Gasteiger partial charge is 0.422 e. The number of rotatable bonds is 3. The highest BCUT2D eigenvalue weighted by atomic mass is 19.4. The highest BCUT2D eigenvalue weighted by molar-refractivity contribution is 5.35. The molecule has 0 aliphatic carbocycles. The summed E-state index contributed by atoms with van der Waals surface area (Å²) in [5, 5.41) is 7.25. The van der Waals surface area contributed by atoms with Crippen LogP contribution in [0.1, 0.15) is 16.8 Å². The van der Waals surface area contributed by atoms with Crippen LogP contribution in [0.25, 0.3) is 0 Å². The molecule has 16 heavy (non-hydrogen) atoms. The van der Waals surface area contributed by atoms with Gasteiger partial charge in [-0.05, 0) is 19.4 Å². The number of ether oxygens (including phenoxy) is 1. The van der Waals surface area contributed by atoms with Crippen LogP contribution in [0.4, 0.5) is 13.2 Å². The monoisotopic (exact) mass is 235 g/mol. The summed E-state index contributed by atoms with van der Waals surface area (Å²) >= 11 is 0. The summed E-state index contributed by atoms with van der Waals surface area (Å²) in [6, 6.07) is 0. The molecule has 0 bridgehead atoms. The standard InChI is InChI=1S/C9H12F3N3O/c1-5-6(2)14-15-8(7(5)3-13)16-4-9(10,11)12/h3-4,13H2,1-2H3. The van der Waals surface area contributed by atoms with E-state index in [9.17, 15) is 13.2 Å². The minimum Gasteiger partial charge on any atom is -0.467 e. The summed E-state index contributed by atoms with van der Waals surface area (Å²) in [6.45, 7) is 2.09. The van der Waals surface area contributed by atoms with Gasteiger partial charge in [0, 0.05) is 12.1 Å². The third-order valence-corrected chi connectivity index (χ3v) is 2.12. The molecule has 1 rings (SSSR count). The van der Waals surface area contributed by atoms with Gasteiger partial charge in [0.1, 0.15) is 0 Å². The summed E-state index contributed by atoms with van der Waals surface area (Å²) in [5.41, 5.74) is 7.21. The van der Waals surface area contributed by atoms with Crippen molar-refractivity contribution in [3.05, 3.63) is 16.8 Å². The minimum absolute atomic E-state index is 0.0649. The molecule has 1 aromatic heterocycles. The predicted molar refractivity (Wildman–Crippen MR) is 50.9 cm³/mol. The summed E-state index contributed by atoms with van der Waals surface area (Å²) in [4.78, 5) is 0. The minimum atomic E-state index is -4.40. The molecule has 0 saturated carbocycles. The quantitative estimate of drug-likeness (QED) is 0.862. The van der Waals surface area contributed by atoms with E-state index in [1.54, 1.807) is 13.8 Å². The normalized spacial score (nSPS) is 11.6. The third-order valence-electron chi connectivity index (χ3n) is 2.12. The molecule has 0 atom stereocenters. The Morgan fingerprint density at radius 3 is 2.38 bits per heavy atom. The van der Waals surface area contributed by atoms with Crippen molar-refractivity contribution >= 4 is 0 Å². The second-order valence-corrected chi connectivity index (χ2v) is 3.30. The van der Waals surface area contributed by atoms with Gasteiger partial charge in [0.05, 0.1) is 5.69 Å². The van der Waals surface area contributed by atoms with Crippen molar-refractivity contribution in [3.63, 3.8) is 0 Å². The Balaban J connectivity index is 2.92. The number of nitrogens with zero attached hydrogens (tertiary/aromatic N) is 2. The molecule has 2 N–H and O–H groups in total. The number of nitrogens with two attached hydrogens (primary N) is 1. The van der Waals surface area contributed by atoms with Crippen molar-refractivity contribution in [2.75, 3.05) is 6.61 Å². The van der Waals surface area contributed by atoms with Gasteiger partial charge in [0.2, 0.25) is 5.88 Å². The van der Waals surface area contributed by atoms with Crippen LogP contribution in [-0.4, -0.2) is 23.0 Å². The van der Waals surface area contributed by atoms with Gasteiger partial charge in [-0.25, -0.2) is 0 Å². The maximum Gasteiger partial charge on any atom is 0.422 e. The van der Waals surface area contributed by atoms with Crippen molar-refractivity contribution in [2.45, 2.75) is 26.6 Å². The average Bonchev–Trinajstić information content (AvgIpc) is 2.18. The van der Waals surface area contributed by atoms with Gasteiger partial charge in [-0.1, -0.05) is 0 Å². The van der Waals surface area contributed by atoms with Crippen molar-refractivity contribution < 1.29 is 17.9 Å². The molecule has 1 heterocycles. The molecule has 0 unspecified atom stereocenters. The highest BCUT2D eigenvalue weighted by Gasteiger charge is 2.29. The molecule has 0 spiro atoms. The summed E-state index contributed by atoms with van der Waals surface area (Å²) in [6.07, 6.45) is -4.40. The Hall–Kier alpha value is -1.37. The lowest BCUT2D eigenvalue weighted by Gasteiger charge is -2.13. The molecule has 0 aliphatic rings. The van der Waals surface area contributed by atoms with Crippen molar-refractivity contribution in [2.24, 2.45) is 5.73 Å². The molecule has 90 valence electrons. The van der Waals surface area contributed by atoms with E-state index in [0.717, 1.165) is 0 Å². The first kappa shape index (κ1) is 12.7. The fraction of sp³-hybridized carbons (Fsp3) is 0.556. The van der Waals surface area contributed by atoms with E-state index < -0.39 is 12.8 Å². The summed E-state index contributed by atoms with van der Waals surface area (Å²) in [5.74, 6) is -0.150. The highest BCUT2D eigenvalue weighted by Crippen LogP contribution is 2.22. The topological polar surface area (TPSA) is 61.0 Å². The summed E-state index contributed by atoms with van der Waals surface area (Å²) < 4.78 is 40.4. The first-order valence-electron chi connectivity index (χ1n) is 4.57. The molecule has 0 saturated heterocycles. The summed E-state index contributed by atoms with van der Waals surface area (Å²) in [7, 11) is 0. The Labute approximate surface area is 90.6 Å². The molecule has 4 nitrogen and oxygen atoms in total. The van der Waals surface area contributed by atoms with Crippen LogP contribution in [-0.2, 0) is 6.54 Å². The Bertz CT molecular complexity index is 379. The van der Waals surface area contributed by atoms with E-state index in [1.165, 1.54) is 0 Å². The van der Waals surface area contributed by atoms with Gasteiger partial charge in [-0.15, -0.1) is 5.10 Å². The zero-order valence-electron chi connectivity index (χ0n) is 8.93. The maximum absolute atomic E-state index is 12.0. The second-order valence-electron chi connectivity index (χ2n) is 3.30. The Morgan fingerprint density at radius 1 is 1.25 bits per heavy atom. The molecule has 0 radical (unpaired) electrons. The van der Waals surface area contributed by atoms with E-state index in [4.69, 9.17) is 5.73 Å². The van der Waals surface area contributed by atoms with Gasteiger partial charge in [-0.2, -0.15) is 18.3 Å². The number of halogens is 3. The lowest BCUT2D eigenvalue weighted by molar-refractivity contribution is -0.154. The molecular weight excluding hydrogens is 223 g/mol. The second kappa shape index (κ2) is 4.65. The van der Waals surface area contributed by atoms with E-state index in [0.29, 0.717) is 16.8 Å². The fourth-order valence-corrected chi connectivity index (χ4v) is 1.14. The van der Waals surface area contributed by atoms with Crippen LogP contribution in [0, 0.1) is 13.8 Å². The lowest BCUT2D eigenvalue weighted by Crippen LogP contribution is -2.21. The molecule has 7 heteroatoms. The number of alkyl halides is 3. The molecule has 0 amide bonds. The number of hydrogen-bond acceptors (Lipinski definition) is 4. The van der Waals surface area contributed by atoms with E-state index in [-0.39, 0.29) is 12.4 Å². The van der Waals surface area contributed by atoms with Crippen LogP contribution in [0.15, 0.2) is 0 Å². The molecule has 0 fully saturated rings. The predicted octanol–water partition coefficient (Wildman–Crippen LogP) is 1.49. The van der Waals surface area contributed by atoms with Crippen LogP contribution in [0.2, 0.25) is 0 Å². The average molecular weight is 235 g/mol. The molecule has 1 aromatic rings. The van der Waals surface area contributed by atoms with Gasteiger partial charge in [0.25, 0.3) is 0 Å². The Morgan fingerprint density at radius 2 is 1.88 bits per heavy atom. The first-order chi connectivity index (χ1) is 7.35. The van der Waals surface area contributed by atoms with Crippen LogP contribution < -0.4 is 10.5 Å². The lowest BCUT2D eigenvalue weighted by atomic mass is 10.1. The van der Waals surface area contributed by atoms with Crippen LogP contribution in [0.3, 0.4) is 0 Å². The zero-order chi connectivity index (χ0) is 12.3. The molecule has 0 aromatic carbocycles.